The molecule has 1 saturated heterocycles. The predicted octanol–water partition coefficient (Wildman–Crippen LogP) is 4.25. The number of piperidine rings is 1. The first kappa shape index (κ1) is 20.8. The lowest BCUT2D eigenvalue weighted by Gasteiger charge is -2.35. The van der Waals surface area contributed by atoms with Crippen LogP contribution in [-0.2, 0) is 9.53 Å². The Hall–Kier alpha value is -1.26. The van der Waals surface area contributed by atoms with Crippen molar-refractivity contribution in [3.63, 3.8) is 0 Å². The van der Waals surface area contributed by atoms with E-state index in [1.54, 1.807) is 4.90 Å². The summed E-state index contributed by atoms with van der Waals surface area (Å²) in [5.74, 6) is -0.0332. The van der Waals surface area contributed by atoms with Crippen LogP contribution in [0.1, 0.15) is 85.5 Å². The lowest BCUT2D eigenvalue weighted by molar-refractivity contribution is -0.127. The first-order valence-corrected chi connectivity index (χ1v) is 9.62. The van der Waals surface area contributed by atoms with Gasteiger partial charge in [-0.25, -0.2) is 4.79 Å². The number of likely N-dealkylation sites (tertiary alicyclic amines) is 1. The van der Waals surface area contributed by atoms with Gasteiger partial charge in [0.25, 0.3) is 0 Å². The van der Waals surface area contributed by atoms with E-state index in [9.17, 15) is 9.59 Å². The molecule has 5 nitrogen and oxygen atoms in total. The van der Waals surface area contributed by atoms with Gasteiger partial charge >= 0.3 is 6.09 Å². The third kappa shape index (κ3) is 8.02. The van der Waals surface area contributed by atoms with Crippen molar-refractivity contribution in [1.29, 1.82) is 0 Å². The second-order valence-corrected chi connectivity index (χ2v) is 7.74. The van der Waals surface area contributed by atoms with Crippen molar-refractivity contribution in [3.05, 3.63) is 0 Å². The van der Waals surface area contributed by atoms with Gasteiger partial charge in [0.15, 0.2) is 0 Å². The minimum atomic E-state index is -0.534. The molecule has 1 heterocycles. The Bertz CT molecular complexity index is 391. The number of ether oxygens (including phenoxy) is 1. The highest BCUT2D eigenvalue weighted by Crippen LogP contribution is 2.20. The SMILES string of the molecule is CCCCCCCCNC(=O)[C@H]1CCCCN1C(=O)OC(C)(C)C. The van der Waals surface area contributed by atoms with Gasteiger partial charge in [-0.1, -0.05) is 39.0 Å². The molecule has 2 amide bonds. The van der Waals surface area contributed by atoms with E-state index < -0.39 is 5.60 Å². The summed E-state index contributed by atoms with van der Waals surface area (Å²) < 4.78 is 5.45. The summed E-state index contributed by atoms with van der Waals surface area (Å²) in [6.45, 7) is 9.06. The molecule has 0 aromatic rings. The highest BCUT2D eigenvalue weighted by Gasteiger charge is 2.34. The van der Waals surface area contributed by atoms with Gasteiger partial charge in [0, 0.05) is 13.1 Å². The van der Waals surface area contributed by atoms with Crippen molar-refractivity contribution in [3.8, 4) is 0 Å². The summed E-state index contributed by atoms with van der Waals surface area (Å²) in [5, 5.41) is 3.00. The van der Waals surface area contributed by atoms with Crippen LogP contribution in [-0.4, -0.2) is 41.6 Å². The van der Waals surface area contributed by atoms with Crippen molar-refractivity contribution in [2.75, 3.05) is 13.1 Å². The van der Waals surface area contributed by atoms with Crippen LogP contribution in [0.25, 0.3) is 0 Å². The standard InChI is InChI=1S/C19H36N2O3/c1-5-6-7-8-9-11-14-20-17(22)16-13-10-12-15-21(16)18(23)24-19(2,3)4/h16H,5-15H2,1-4H3,(H,20,22)/t16-/m1/s1. The van der Waals surface area contributed by atoms with E-state index in [4.69, 9.17) is 4.74 Å². The molecule has 0 bridgehead atoms. The quantitative estimate of drug-likeness (QED) is 0.672. The monoisotopic (exact) mass is 340 g/mol. The molecule has 1 fully saturated rings. The number of nitrogens with one attached hydrogen (secondary N) is 1. The molecule has 140 valence electrons. The number of hydrogen-bond acceptors (Lipinski definition) is 3. The van der Waals surface area contributed by atoms with Gasteiger partial charge in [0.2, 0.25) is 5.91 Å². The molecule has 1 aliphatic rings. The Kier molecular flexibility index (Phi) is 9.16. The predicted molar refractivity (Wildman–Crippen MR) is 97.0 cm³/mol. The lowest BCUT2D eigenvalue weighted by atomic mass is 10.0. The van der Waals surface area contributed by atoms with Crippen LogP contribution >= 0.6 is 0 Å². The normalized spacial score (nSPS) is 18.3. The van der Waals surface area contributed by atoms with Crippen molar-refractivity contribution in [2.24, 2.45) is 0 Å². The smallest absolute Gasteiger partial charge is 0.410 e. The first-order chi connectivity index (χ1) is 11.3. The highest BCUT2D eigenvalue weighted by atomic mass is 16.6. The summed E-state index contributed by atoms with van der Waals surface area (Å²) >= 11 is 0. The third-order valence-electron chi connectivity index (χ3n) is 4.26. The Labute approximate surface area is 147 Å². The molecule has 1 atom stereocenters. The molecule has 1 aliphatic heterocycles. The molecule has 1 rings (SSSR count). The zero-order valence-electron chi connectivity index (χ0n) is 16.0. The Morgan fingerprint density at radius 3 is 2.42 bits per heavy atom. The molecular weight excluding hydrogens is 304 g/mol. The van der Waals surface area contributed by atoms with Gasteiger partial charge < -0.3 is 10.1 Å². The van der Waals surface area contributed by atoms with Crippen molar-refractivity contribution in [1.82, 2.24) is 10.2 Å². The van der Waals surface area contributed by atoms with Crippen LogP contribution in [0.5, 0.6) is 0 Å². The van der Waals surface area contributed by atoms with E-state index in [-0.39, 0.29) is 18.0 Å². The number of hydrogen-bond donors (Lipinski definition) is 1. The van der Waals surface area contributed by atoms with Gasteiger partial charge in [0.1, 0.15) is 11.6 Å². The van der Waals surface area contributed by atoms with Crippen LogP contribution in [0.3, 0.4) is 0 Å². The van der Waals surface area contributed by atoms with Crippen LogP contribution in [0, 0.1) is 0 Å². The van der Waals surface area contributed by atoms with Gasteiger partial charge in [-0.2, -0.15) is 0 Å². The summed E-state index contributed by atoms with van der Waals surface area (Å²) in [7, 11) is 0. The third-order valence-corrected chi connectivity index (χ3v) is 4.26. The molecule has 5 heteroatoms. The fourth-order valence-electron chi connectivity index (χ4n) is 2.98. The molecular formula is C19H36N2O3. The average Bonchev–Trinajstić information content (AvgIpc) is 2.52. The fourth-order valence-corrected chi connectivity index (χ4v) is 2.98. The maximum atomic E-state index is 12.5. The molecule has 0 aromatic heterocycles. The van der Waals surface area contributed by atoms with Crippen LogP contribution < -0.4 is 5.32 Å². The first-order valence-electron chi connectivity index (χ1n) is 9.62. The van der Waals surface area contributed by atoms with Gasteiger partial charge in [-0.05, 0) is 46.5 Å². The highest BCUT2D eigenvalue weighted by molar-refractivity contribution is 5.85. The molecule has 0 radical (unpaired) electrons. The zero-order chi connectivity index (χ0) is 18.0. The zero-order valence-corrected chi connectivity index (χ0v) is 16.0. The minimum Gasteiger partial charge on any atom is -0.444 e. The summed E-state index contributed by atoms with van der Waals surface area (Å²) in [6.07, 6.45) is 9.47. The second kappa shape index (κ2) is 10.6. The van der Waals surface area contributed by atoms with E-state index in [1.807, 2.05) is 20.8 Å². The minimum absolute atomic E-state index is 0.0332. The lowest BCUT2D eigenvalue weighted by Crippen LogP contribution is -2.53. The molecule has 1 N–H and O–H groups in total. The number of unbranched alkanes of at least 4 members (excludes halogenated alkanes) is 5. The van der Waals surface area contributed by atoms with Crippen LogP contribution in [0.4, 0.5) is 4.79 Å². The molecule has 0 saturated carbocycles. The average molecular weight is 341 g/mol. The number of carbonyl (C=O) groups is 2. The largest absolute Gasteiger partial charge is 0.444 e. The number of carbonyl (C=O) groups excluding carboxylic acids is 2. The molecule has 0 aromatic carbocycles. The van der Waals surface area contributed by atoms with Crippen molar-refractivity contribution >= 4 is 12.0 Å². The van der Waals surface area contributed by atoms with E-state index >= 15 is 0 Å². The maximum absolute atomic E-state index is 12.5. The number of nitrogens with zero attached hydrogens (tertiary/aromatic N) is 1. The molecule has 24 heavy (non-hydrogen) atoms. The van der Waals surface area contributed by atoms with Crippen LogP contribution in [0.15, 0.2) is 0 Å². The van der Waals surface area contributed by atoms with Gasteiger partial charge in [-0.3, -0.25) is 9.69 Å². The Morgan fingerprint density at radius 1 is 1.08 bits per heavy atom. The second-order valence-electron chi connectivity index (χ2n) is 7.74. The Balaban J connectivity index is 2.38. The fraction of sp³-hybridized carbons (Fsp3) is 0.895. The van der Waals surface area contributed by atoms with Crippen LogP contribution in [0.2, 0.25) is 0 Å². The summed E-state index contributed by atoms with van der Waals surface area (Å²) in [6, 6.07) is -0.381. The summed E-state index contributed by atoms with van der Waals surface area (Å²) in [5.41, 5.74) is -0.534. The molecule has 0 spiro atoms. The number of rotatable bonds is 8. The number of amides is 2. The van der Waals surface area contributed by atoms with E-state index in [0.717, 1.165) is 32.1 Å². The van der Waals surface area contributed by atoms with Crippen molar-refractivity contribution < 1.29 is 14.3 Å². The van der Waals surface area contributed by atoms with E-state index in [2.05, 4.69) is 12.2 Å². The summed E-state index contributed by atoms with van der Waals surface area (Å²) in [4.78, 5) is 26.4. The van der Waals surface area contributed by atoms with Gasteiger partial charge in [0.05, 0.1) is 0 Å². The van der Waals surface area contributed by atoms with E-state index in [0.29, 0.717) is 13.1 Å². The van der Waals surface area contributed by atoms with E-state index in [1.165, 1.54) is 25.7 Å². The maximum Gasteiger partial charge on any atom is 0.410 e. The Morgan fingerprint density at radius 2 is 1.75 bits per heavy atom. The van der Waals surface area contributed by atoms with Crippen molar-refractivity contribution in [2.45, 2.75) is 97.1 Å². The topological polar surface area (TPSA) is 58.6 Å². The molecule has 0 aliphatic carbocycles. The van der Waals surface area contributed by atoms with Gasteiger partial charge in [-0.15, -0.1) is 0 Å². The molecule has 0 unspecified atom stereocenters.